The molecule has 0 aliphatic heterocycles. The zero-order chi connectivity index (χ0) is 20.8. The molecule has 10 heteroatoms. The summed E-state index contributed by atoms with van der Waals surface area (Å²) in [7, 11) is 0. The van der Waals surface area contributed by atoms with Crippen LogP contribution in [0.5, 0.6) is 0 Å². The summed E-state index contributed by atoms with van der Waals surface area (Å²) in [4.78, 5) is 34.9. The van der Waals surface area contributed by atoms with Gasteiger partial charge in [0.25, 0.3) is 11.6 Å². The first kappa shape index (κ1) is 21.7. The molecule has 2 aromatic carbocycles. The van der Waals surface area contributed by atoms with Gasteiger partial charge in [-0.05, 0) is 36.8 Å². The predicted octanol–water partition coefficient (Wildman–Crippen LogP) is 4.89. The topological polar surface area (TPSA) is 98.5 Å². The van der Waals surface area contributed by atoms with Crippen LogP contribution in [0, 0.1) is 10.1 Å². The monoisotopic (exact) mass is 442 g/mol. The number of hydrogen-bond acceptors (Lipinski definition) is 5. The number of amides is 1. The minimum absolute atomic E-state index is 0.0512. The van der Waals surface area contributed by atoms with E-state index < -0.39 is 16.8 Å². The van der Waals surface area contributed by atoms with Gasteiger partial charge in [-0.1, -0.05) is 40.9 Å². The van der Waals surface area contributed by atoms with Crippen LogP contribution in [0.2, 0.25) is 15.1 Å². The highest BCUT2D eigenvalue weighted by Gasteiger charge is 2.20. The maximum atomic E-state index is 12.5. The SMILES string of the molecule is CCOC(=O)/C(=C\c1ccc(Cl)cc1Cl)NC(=O)c1ccc([N+](=O)[O-])cc1Cl. The number of carbonyl (C=O) groups excluding carboxylic acids is 2. The Bertz CT molecular complexity index is 976. The molecule has 1 amide bonds. The number of ether oxygens (including phenoxy) is 1. The van der Waals surface area contributed by atoms with Crippen LogP contribution in [-0.4, -0.2) is 23.4 Å². The molecule has 0 heterocycles. The summed E-state index contributed by atoms with van der Waals surface area (Å²) in [6.45, 7) is 1.69. The highest BCUT2D eigenvalue weighted by atomic mass is 35.5. The number of rotatable bonds is 6. The molecule has 0 atom stereocenters. The largest absolute Gasteiger partial charge is 0.461 e. The van der Waals surface area contributed by atoms with Crippen LogP contribution in [0.25, 0.3) is 6.08 Å². The van der Waals surface area contributed by atoms with Gasteiger partial charge in [0.2, 0.25) is 0 Å². The van der Waals surface area contributed by atoms with Crippen molar-refractivity contribution >= 4 is 58.4 Å². The van der Waals surface area contributed by atoms with Gasteiger partial charge in [0.15, 0.2) is 0 Å². The van der Waals surface area contributed by atoms with Gasteiger partial charge < -0.3 is 10.1 Å². The molecule has 0 saturated carbocycles. The minimum atomic E-state index is -0.792. The molecule has 146 valence electrons. The molecule has 0 aliphatic rings. The first-order chi connectivity index (χ1) is 13.2. The highest BCUT2D eigenvalue weighted by Crippen LogP contribution is 2.25. The second kappa shape index (κ2) is 9.54. The van der Waals surface area contributed by atoms with Crippen molar-refractivity contribution in [2.24, 2.45) is 0 Å². The number of benzene rings is 2. The summed E-state index contributed by atoms with van der Waals surface area (Å²) in [6, 6.07) is 7.97. The maximum absolute atomic E-state index is 12.5. The second-order valence-electron chi connectivity index (χ2n) is 5.32. The Morgan fingerprint density at radius 1 is 1.14 bits per heavy atom. The number of halogens is 3. The van der Waals surface area contributed by atoms with Crippen LogP contribution < -0.4 is 5.32 Å². The molecule has 0 fully saturated rings. The Morgan fingerprint density at radius 3 is 2.43 bits per heavy atom. The minimum Gasteiger partial charge on any atom is -0.461 e. The first-order valence-corrected chi connectivity index (χ1v) is 8.95. The van der Waals surface area contributed by atoms with Crippen LogP contribution in [0.15, 0.2) is 42.1 Å². The van der Waals surface area contributed by atoms with Crippen molar-refractivity contribution in [3.8, 4) is 0 Å². The predicted molar refractivity (Wildman–Crippen MR) is 107 cm³/mol. The standard InChI is InChI=1S/C18H13Cl3N2O5/c1-2-28-18(25)16(7-10-3-4-11(19)8-14(10)20)22-17(24)13-6-5-12(23(26)27)9-15(13)21/h3-9H,2H2,1H3,(H,22,24)/b16-7+. The van der Waals surface area contributed by atoms with E-state index in [-0.39, 0.29) is 33.6 Å². The lowest BCUT2D eigenvalue weighted by Gasteiger charge is -2.11. The fourth-order valence-corrected chi connectivity index (χ4v) is 2.84. The number of nitrogens with one attached hydrogen (secondary N) is 1. The summed E-state index contributed by atoms with van der Waals surface area (Å²) in [6.07, 6.45) is 1.33. The van der Waals surface area contributed by atoms with Crippen molar-refractivity contribution in [1.82, 2.24) is 5.32 Å². The third kappa shape index (κ3) is 5.45. The Hall–Kier alpha value is -2.61. The Kier molecular flexibility index (Phi) is 7.39. The van der Waals surface area contributed by atoms with Gasteiger partial charge in [0.1, 0.15) is 5.70 Å². The average Bonchev–Trinajstić information content (AvgIpc) is 2.63. The summed E-state index contributed by atoms with van der Waals surface area (Å²) in [5.41, 5.74) is -0.0879. The fourth-order valence-electron chi connectivity index (χ4n) is 2.12. The molecule has 0 bridgehead atoms. The molecule has 0 spiro atoms. The molecule has 1 N–H and O–H groups in total. The zero-order valence-corrected chi connectivity index (χ0v) is 16.6. The normalized spacial score (nSPS) is 11.1. The van der Waals surface area contributed by atoms with Gasteiger partial charge in [-0.25, -0.2) is 4.79 Å². The van der Waals surface area contributed by atoms with E-state index in [4.69, 9.17) is 39.5 Å². The second-order valence-corrected chi connectivity index (χ2v) is 6.57. The lowest BCUT2D eigenvalue weighted by Crippen LogP contribution is -2.28. The smallest absolute Gasteiger partial charge is 0.354 e. The van der Waals surface area contributed by atoms with Gasteiger partial charge in [-0.2, -0.15) is 0 Å². The number of nitro benzene ring substituents is 1. The molecule has 28 heavy (non-hydrogen) atoms. The van der Waals surface area contributed by atoms with Crippen LogP contribution in [0.4, 0.5) is 5.69 Å². The van der Waals surface area contributed by atoms with Crippen molar-refractivity contribution in [3.05, 3.63) is 78.4 Å². The molecular weight excluding hydrogens is 431 g/mol. The van der Waals surface area contributed by atoms with E-state index in [9.17, 15) is 19.7 Å². The van der Waals surface area contributed by atoms with Crippen molar-refractivity contribution in [1.29, 1.82) is 0 Å². The Labute approximate surface area is 175 Å². The molecule has 2 rings (SSSR count). The third-order valence-electron chi connectivity index (χ3n) is 3.41. The lowest BCUT2D eigenvalue weighted by atomic mass is 10.1. The van der Waals surface area contributed by atoms with E-state index >= 15 is 0 Å². The molecular formula is C18H13Cl3N2O5. The van der Waals surface area contributed by atoms with E-state index in [2.05, 4.69) is 5.32 Å². The van der Waals surface area contributed by atoms with E-state index in [0.717, 1.165) is 12.1 Å². The molecule has 7 nitrogen and oxygen atoms in total. The number of carbonyl (C=O) groups is 2. The Morgan fingerprint density at radius 2 is 1.86 bits per heavy atom. The average molecular weight is 444 g/mol. The van der Waals surface area contributed by atoms with Crippen LogP contribution in [0.3, 0.4) is 0 Å². The van der Waals surface area contributed by atoms with Crippen molar-refractivity contribution in [2.45, 2.75) is 6.92 Å². The van der Waals surface area contributed by atoms with E-state index in [0.29, 0.717) is 10.6 Å². The van der Waals surface area contributed by atoms with Crippen molar-refractivity contribution in [2.75, 3.05) is 6.61 Å². The van der Waals surface area contributed by atoms with E-state index in [1.807, 2.05) is 0 Å². The number of hydrogen-bond donors (Lipinski definition) is 1. The first-order valence-electron chi connectivity index (χ1n) is 7.82. The molecule has 0 radical (unpaired) electrons. The number of non-ortho nitro benzene ring substituents is 1. The lowest BCUT2D eigenvalue weighted by molar-refractivity contribution is -0.384. The van der Waals surface area contributed by atoms with Gasteiger partial charge in [0.05, 0.1) is 22.1 Å². The van der Waals surface area contributed by atoms with Gasteiger partial charge >= 0.3 is 5.97 Å². The molecule has 0 aliphatic carbocycles. The van der Waals surface area contributed by atoms with Crippen LogP contribution in [0.1, 0.15) is 22.8 Å². The van der Waals surface area contributed by atoms with Crippen LogP contribution in [-0.2, 0) is 9.53 Å². The third-order valence-corrected chi connectivity index (χ3v) is 4.29. The summed E-state index contributed by atoms with van der Waals surface area (Å²) < 4.78 is 4.94. The number of nitrogens with zero attached hydrogens (tertiary/aromatic N) is 1. The van der Waals surface area contributed by atoms with Crippen LogP contribution >= 0.6 is 34.8 Å². The zero-order valence-electron chi connectivity index (χ0n) is 14.4. The number of nitro groups is 1. The molecule has 2 aromatic rings. The van der Waals surface area contributed by atoms with Gasteiger partial charge in [-0.15, -0.1) is 0 Å². The summed E-state index contributed by atoms with van der Waals surface area (Å²) in [5, 5.41) is 13.7. The van der Waals surface area contributed by atoms with Crippen molar-refractivity contribution in [3.63, 3.8) is 0 Å². The summed E-state index contributed by atoms with van der Waals surface area (Å²) >= 11 is 17.9. The van der Waals surface area contributed by atoms with E-state index in [1.165, 1.54) is 18.2 Å². The van der Waals surface area contributed by atoms with Crippen molar-refractivity contribution < 1.29 is 19.2 Å². The Balaban J connectivity index is 2.37. The van der Waals surface area contributed by atoms with Gasteiger partial charge in [-0.3, -0.25) is 14.9 Å². The van der Waals surface area contributed by atoms with E-state index in [1.54, 1.807) is 19.1 Å². The molecule has 0 saturated heterocycles. The maximum Gasteiger partial charge on any atom is 0.354 e. The fraction of sp³-hybridized carbons (Fsp3) is 0.111. The van der Waals surface area contributed by atoms with Gasteiger partial charge in [0, 0.05) is 22.2 Å². The highest BCUT2D eigenvalue weighted by molar-refractivity contribution is 6.35. The molecule has 0 aromatic heterocycles. The quantitative estimate of drug-likeness (QED) is 0.297. The molecule has 0 unspecified atom stereocenters. The number of esters is 1. The summed E-state index contributed by atoms with van der Waals surface area (Å²) in [5.74, 6) is -1.54.